The minimum Gasteiger partial charge on any atom is -0.507 e. The van der Waals surface area contributed by atoms with Crippen molar-refractivity contribution >= 4 is 5.91 Å². The molecule has 82 valence electrons. The fourth-order valence-electron chi connectivity index (χ4n) is 1.18. The van der Waals surface area contributed by atoms with Gasteiger partial charge in [0.25, 0.3) is 5.91 Å². The van der Waals surface area contributed by atoms with Gasteiger partial charge in [-0.15, -0.1) is 0 Å². The maximum Gasteiger partial charge on any atom is 0.255 e. The number of benzene rings is 1. The number of carbonyl (C=O) groups is 1. The lowest BCUT2D eigenvalue weighted by atomic mass is 10.1. The average Bonchev–Trinajstić information content (AvgIpc) is 2.14. The number of phenols is 1. The summed E-state index contributed by atoms with van der Waals surface area (Å²) in [5.41, 5.74) is 6.70. The van der Waals surface area contributed by atoms with Gasteiger partial charge in [-0.2, -0.15) is 0 Å². The van der Waals surface area contributed by atoms with Gasteiger partial charge in [-0.3, -0.25) is 4.79 Å². The SMILES string of the molecule is Cc1ccc(C(=O)NCC(C)N)c(O)c1. The molecule has 0 spiro atoms. The molecule has 1 aromatic carbocycles. The first kappa shape index (κ1) is 11.5. The lowest BCUT2D eigenvalue weighted by Gasteiger charge is -2.09. The lowest BCUT2D eigenvalue weighted by Crippen LogP contribution is -2.35. The number of phenolic OH excluding ortho intramolecular Hbond substituents is 1. The number of aryl methyl sites for hydroxylation is 1. The van der Waals surface area contributed by atoms with E-state index in [4.69, 9.17) is 5.73 Å². The number of amides is 1. The van der Waals surface area contributed by atoms with Crippen molar-refractivity contribution in [2.75, 3.05) is 6.54 Å². The normalized spacial score (nSPS) is 12.2. The van der Waals surface area contributed by atoms with Crippen LogP contribution in [0, 0.1) is 6.92 Å². The molecule has 1 aromatic rings. The van der Waals surface area contributed by atoms with Crippen molar-refractivity contribution in [3.8, 4) is 5.75 Å². The van der Waals surface area contributed by atoms with E-state index in [9.17, 15) is 9.90 Å². The molecule has 0 fully saturated rings. The summed E-state index contributed by atoms with van der Waals surface area (Å²) in [5.74, 6) is -0.304. The fourth-order valence-corrected chi connectivity index (χ4v) is 1.18. The first-order chi connectivity index (χ1) is 7.00. The molecule has 1 unspecified atom stereocenters. The maximum atomic E-state index is 11.6. The van der Waals surface area contributed by atoms with E-state index in [1.54, 1.807) is 25.1 Å². The highest BCUT2D eigenvalue weighted by atomic mass is 16.3. The molecule has 4 nitrogen and oxygen atoms in total. The summed E-state index contributed by atoms with van der Waals surface area (Å²) in [6, 6.07) is 4.84. The molecule has 1 atom stereocenters. The van der Waals surface area contributed by atoms with Crippen LogP contribution < -0.4 is 11.1 Å². The summed E-state index contributed by atoms with van der Waals surface area (Å²) in [4.78, 5) is 11.6. The largest absolute Gasteiger partial charge is 0.507 e. The summed E-state index contributed by atoms with van der Waals surface area (Å²) in [5, 5.41) is 12.2. The van der Waals surface area contributed by atoms with Gasteiger partial charge < -0.3 is 16.2 Å². The summed E-state index contributed by atoms with van der Waals surface area (Å²) in [6.45, 7) is 4.05. The predicted octanol–water partition coefficient (Wildman–Crippen LogP) is 0.778. The molecule has 1 amide bonds. The van der Waals surface area contributed by atoms with Gasteiger partial charge in [-0.25, -0.2) is 0 Å². The lowest BCUT2D eigenvalue weighted by molar-refractivity contribution is 0.0949. The Morgan fingerprint density at radius 2 is 2.27 bits per heavy atom. The van der Waals surface area contributed by atoms with Crippen LogP contribution in [0.2, 0.25) is 0 Å². The van der Waals surface area contributed by atoms with Crippen LogP contribution in [0.4, 0.5) is 0 Å². The number of hydrogen-bond donors (Lipinski definition) is 3. The Morgan fingerprint density at radius 3 is 2.80 bits per heavy atom. The van der Waals surface area contributed by atoms with Crippen LogP contribution in [0.25, 0.3) is 0 Å². The van der Waals surface area contributed by atoms with Crippen LogP contribution >= 0.6 is 0 Å². The quantitative estimate of drug-likeness (QED) is 0.687. The van der Waals surface area contributed by atoms with Crippen molar-refractivity contribution in [3.05, 3.63) is 29.3 Å². The van der Waals surface area contributed by atoms with Gasteiger partial charge in [0, 0.05) is 12.6 Å². The summed E-state index contributed by atoms with van der Waals surface area (Å²) in [7, 11) is 0. The average molecular weight is 208 g/mol. The van der Waals surface area contributed by atoms with E-state index in [2.05, 4.69) is 5.32 Å². The van der Waals surface area contributed by atoms with E-state index in [0.29, 0.717) is 6.54 Å². The van der Waals surface area contributed by atoms with Gasteiger partial charge in [-0.05, 0) is 31.5 Å². The zero-order valence-electron chi connectivity index (χ0n) is 8.95. The topological polar surface area (TPSA) is 75.4 Å². The molecule has 0 aliphatic heterocycles. The molecule has 0 saturated heterocycles. The molecule has 0 aliphatic rings. The summed E-state index contributed by atoms with van der Waals surface area (Å²) < 4.78 is 0. The Balaban J connectivity index is 2.74. The minimum absolute atomic E-state index is 0.00262. The van der Waals surface area contributed by atoms with E-state index in [1.165, 1.54) is 0 Å². The summed E-state index contributed by atoms with van der Waals surface area (Å²) in [6.07, 6.45) is 0. The third-order valence-electron chi connectivity index (χ3n) is 1.98. The molecular weight excluding hydrogens is 192 g/mol. The third-order valence-corrected chi connectivity index (χ3v) is 1.98. The number of aromatic hydroxyl groups is 1. The smallest absolute Gasteiger partial charge is 0.255 e. The first-order valence-corrected chi connectivity index (χ1v) is 4.84. The molecule has 0 heterocycles. The van der Waals surface area contributed by atoms with Gasteiger partial charge in [0.05, 0.1) is 5.56 Å². The first-order valence-electron chi connectivity index (χ1n) is 4.84. The van der Waals surface area contributed by atoms with Gasteiger partial charge in [0.1, 0.15) is 5.75 Å². The molecule has 4 N–H and O–H groups in total. The zero-order valence-corrected chi connectivity index (χ0v) is 8.95. The van der Waals surface area contributed by atoms with Crippen molar-refractivity contribution < 1.29 is 9.90 Å². The summed E-state index contributed by atoms with van der Waals surface area (Å²) >= 11 is 0. The van der Waals surface area contributed by atoms with Crippen molar-refractivity contribution in [1.29, 1.82) is 0 Å². The monoisotopic (exact) mass is 208 g/mol. The molecule has 1 rings (SSSR count). The minimum atomic E-state index is -0.301. The maximum absolute atomic E-state index is 11.6. The Bertz CT molecular complexity index is 362. The predicted molar refractivity (Wildman–Crippen MR) is 58.8 cm³/mol. The van der Waals surface area contributed by atoms with E-state index in [1.807, 2.05) is 6.92 Å². The van der Waals surface area contributed by atoms with Crippen LogP contribution in [0.5, 0.6) is 5.75 Å². The molecule has 0 saturated carbocycles. The second-order valence-electron chi connectivity index (χ2n) is 3.71. The standard InChI is InChI=1S/C11H16N2O2/c1-7-3-4-9(10(14)5-7)11(15)13-6-8(2)12/h3-5,8,14H,6,12H2,1-2H3,(H,13,15). The van der Waals surface area contributed by atoms with Crippen molar-refractivity contribution in [3.63, 3.8) is 0 Å². The van der Waals surface area contributed by atoms with Gasteiger partial charge in [-0.1, -0.05) is 6.07 Å². The number of nitrogens with two attached hydrogens (primary N) is 1. The Kier molecular flexibility index (Phi) is 3.68. The highest BCUT2D eigenvalue weighted by Crippen LogP contribution is 2.17. The molecule has 0 aliphatic carbocycles. The molecule has 0 radical (unpaired) electrons. The highest BCUT2D eigenvalue weighted by molar-refractivity contribution is 5.96. The molecule has 0 aromatic heterocycles. The van der Waals surface area contributed by atoms with Gasteiger partial charge in [0.15, 0.2) is 0 Å². The van der Waals surface area contributed by atoms with Crippen LogP contribution in [0.1, 0.15) is 22.8 Å². The molecule has 15 heavy (non-hydrogen) atoms. The highest BCUT2D eigenvalue weighted by Gasteiger charge is 2.10. The van der Waals surface area contributed by atoms with Gasteiger partial charge in [0.2, 0.25) is 0 Å². The second-order valence-corrected chi connectivity index (χ2v) is 3.71. The second kappa shape index (κ2) is 4.79. The zero-order chi connectivity index (χ0) is 11.4. The van der Waals surface area contributed by atoms with Crippen molar-refractivity contribution in [2.45, 2.75) is 19.9 Å². The Hall–Kier alpha value is -1.55. The third kappa shape index (κ3) is 3.25. The molecule has 4 heteroatoms. The van der Waals surface area contributed by atoms with E-state index in [-0.39, 0.29) is 23.3 Å². The Morgan fingerprint density at radius 1 is 1.60 bits per heavy atom. The molecule has 0 bridgehead atoms. The number of nitrogens with one attached hydrogen (secondary N) is 1. The number of carbonyl (C=O) groups excluding carboxylic acids is 1. The van der Waals surface area contributed by atoms with E-state index in [0.717, 1.165) is 5.56 Å². The van der Waals surface area contributed by atoms with Crippen molar-refractivity contribution in [1.82, 2.24) is 5.32 Å². The van der Waals surface area contributed by atoms with E-state index >= 15 is 0 Å². The van der Waals surface area contributed by atoms with Crippen LogP contribution in [0.3, 0.4) is 0 Å². The van der Waals surface area contributed by atoms with Crippen LogP contribution in [-0.2, 0) is 0 Å². The van der Waals surface area contributed by atoms with Crippen LogP contribution in [0.15, 0.2) is 18.2 Å². The van der Waals surface area contributed by atoms with E-state index < -0.39 is 0 Å². The van der Waals surface area contributed by atoms with Crippen LogP contribution in [-0.4, -0.2) is 23.6 Å². The number of hydrogen-bond acceptors (Lipinski definition) is 3. The van der Waals surface area contributed by atoms with Crippen molar-refractivity contribution in [2.24, 2.45) is 5.73 Å². The Labute approximate surface area is 89.1 Å². The van der Waals surface area contributed by atoms with Gasteiger partial charge >= 0.3 is 0 Å². The number of rotatable bonds is 3. The fraction of sp³-hybridized carbons (Fsp3) is 0.364. The molecular formula is C11H16N2O2.